The summed E-state index contributed by atoms with van der Waals surface area (Å²) in [6.45, 7) is -0.557. The van der Waals surface area contributed by atoms with Crippen LogP contribution in [-0.4, -0.2) is 54.0 Å². The summed E-state index contributed by atoms with van der Waals surface area (Å²) in [5.74, 6) is -1.30. The Morgan fingerprint density at radius 3 is 2.68 bits per heavy atom. The van der Waals surface area contributed by atoms with Crippen molar-refractivity contribution in [1.82, 2.24) is 10.2 Å². The summed E-state index contributed by atoms with van der Waals surface area (Å²) in [6.07, 6.45) is 1.62. The number of carboxylic acid groups (broad SMARTS) is 1. The van der Waals surface area contributed by atoms with Gasteiger partial charge in [0.1, 0.15) is 12.3 Å². The average Bonchev–Trinajstić information content (AvgIpc) is 3.34. The van der Waals surface area contributed by atoms with Gasteiger partial charge in [-0.1, -0.05) is 6.07 Å². The van der Waals surface area contributed by atoms with Gasteiger partial charge in [0.2, 0.25) is 5.91 Å². The lowest BCUT2D eigenvalue weighted by atomic mass is 10.2. The standard InChI is InChI=1S/C15H18N2O5/c1-22-12-4-2-3-10(7-12)15(21)16-8-13(18)17(9-14(19)20)11-5-6-11/h2-4,7,11H,5-6,8-9H2,1H3,(H,16,21)(H,19,20). The molecule has 118 valence electrons. The number of carbonyl (C=O) groups is 3. The number of nitrogens with zero attached hydrogens (tertiary/aromatic N) is 1. The number of amides is 2. The highest BCUT2D eigenvalue weighted by atomic mass is 16.5. The van der Waals surface area contributed by atoms with Gasteiger partial charge in [-0.2, -0.15) is 0 Å². The third-order valence-electron chi connectivity index (χ3n) is 3.35. The van der Waals surface area contributed by atoms with Crippen LogP contribution in [0.1, 0.15) is 23.2 Å². The number of nitrogens with one attached hydrogen (secondary N) is 1. The molecule has 22 heavy (non-hydrogen) atoms. The largest absolute Gasteiger partial charge is 0.497 e. The molecular weight excluding hydrogens is 288 g/mol. The van der Waals surface area contributed by atoms with Crippen LogP contribution in [0.25, 0.3) is 0 Å². The van der Waals surface area contributed by atoms with Crippen molar-refractivity contribution >= 4 is 17.8 Å². The van der Waals surface area contributed by atoms with Gasteiger partial charge in [-0.25, -0.2) is 0 Å². The Morgan fingerprint density at radius 1 is 1.36 bits per heavy atom. The fraction of sp³-hybridized carbons (Fsp3) is 0.400. The smallest absolute Gasteiger partial charge is 0.323 e. The molecule has 0 aromatic heterocycles. The topological polar surface area (TPSA) is 95.9 Å². The number of benzene rings is 1. The van der Waals surface area contributed by atoms with Crippen LogP contribution >= 0.6 is 0 Å². The van der Waals surface area contributed by atoms with Crippen molar-refractivity contribution in [3.05, 3.63) is 29.8 Å². The highest BCUT2D eigenvalue weighted by molar-refractivity contribution is 5.97. The van der Waals surface area contributed by atoms with Gasteiger partial charge < -0.3 is 20.1 Å². The molecule has 1 aliphatic carbocycles. The van der Waals surface area contributed by atoms with Crippen molar-refractivity contribution in [2.45, 2.75) is 18.9 Å². The van der Waals surface area contributed by atoms with Crippen LogP contribution in [0.3, 0.4) is 0 Å². The minimum absolute atomic E-state index is 0.0164. The van der Waals surface area contributed by atoms with E-state index in [0.717, 1.165) is 12.8 Å². The molecule has 2 N–H and O–H groups in total. The van der Waals surface area contributed by atoms with Crippen LogP contribution in [0.4, 0.5) is 0 Å². The van der Waals surface area contributed by atoms with E-state index in [4.69, 9.17) is 9.84 Å². The van der Waals surface area contributed by atoms with Crippen molar-refractivity contribution in [3.63, 3.8) is 0 Å². The summed E-state index contributed by atoms with van der Waals surface area (Å²) in [7, 11) is 1.50. The minimum Gasteiger partial charge on any atom is -0.497 e. The maximum absolute atomic E-state index is 12.0. The number of aliphatic carboxylic acids is 1. The lowest BCUT2D eigenvalue weighted by Gasteiger charge is -2.20. The van der Waals surface area contributed by atoms with Crippen molar-refractivity contribution in [1.29, 1.82) is 0 Å². The summed E-state index contributed by atoms with van der Waals surface area (Å²) in [5, 5.41) is 11.3. The normalized spacial score (nSPS) is 13.3. The average molecular weight is 306 g/mol. The second-order valence-electron chi connectivity index (χ2n) is 5.06. The highest BCUT2D eigenvalue weighted by Gasteiger charge is 2.33. The summed E-state index contributed by atoms with van der Waals surface area (Å²) < 4.78 is 5.03. The molecule has 1 aromatic rings. The van der Waals surface area contributed by atoms with Gasteiger partial charge in [-0.3, -0.25) is 14.4 Å². The molecule has 1 aromatic carbocycles. The number of rotatable bonds is 7. The fourth-order valence-corrected chi connectivity index (χ4v) is 2.08. The van der Waals surface area contributed by atoms with Crippen molar-refractivity contribution in [2.75, 3.05) is 20.2 Å². The number of carboxylic acids is 1. The van der Waals surface area contributed by atoms with Crippen LogP contribution in [0.5, 0.6) is 5.75 Å². The van der Waals surface area contributed by atoms with E-state index in [2.05, 4.69) is 5.32 Å². The molecule has 1 saturated carbocycles. The van der Waals surface area contributed by atoms with E-state index < -0.39 is 11.9 Å². The molecule has 2 rings (SSSR count). The summed E-state index contributed by atoms with van der Waals surface area (Å²) in [6, 6.07) is 6.55. The SMILES string of the molecule is COc1cccc(C(=O)NCC(=O)N(CC(=O)O)C2CC2)c1. The molecule has 1 aliphatic rings. The Labute approximate surface area is 127 Å². The molecular formula is C15H18N2O5. The Hall–Kier alpha value is -2.57. The maximum atomic E-state index is 12.0. The Morgan fingerprint density at radius 2 is 2.09 bits per heavy atom. The number of methoxy groups -OCH3 is 1. The highest BCUT2D eigenvalue weighted by Crippen LogP contribution is 2.26. The van der Waals surface area contributed by atoms with Gasteiger partial charge in [-0.15, -0.1) is 0 Å². The van der Waals surface area contributed by atoms with Crippen molar-refractivity contribution in [3.8, 4) is 5.75 Å². The summed E-state index contributed by atoms with van der Waals surface area (Å²) in [5.41, 5.74) is 0.378. The molecule has 0 radical (unpaired) electrons. The zero-order chi connectivity index (χ0) is 16.1. The minimum atomic E-state index is -1.06. The van der Waals surface area contributed by atoms with Gasteiger partial charge in [0.25, 0.3) is 5.91 Å². The lowest BCUT2D eigenvalue weighted by molar-refractivity contribution is -0.144. The fourth-order valence-electron chi connectivity index (χ4n) is 2.08. The van der Waals surface area contributed by atoms with Crippen LogP contribution < -0.4 is 10.1 Å². The third kappa shape index (κ3) is 4.21. The van der Waals surface area contributed by atoms with E-state index in [1.165, 1.54) is 12.0 Å². The van der Waals surface area contributed by atoms with Crippen molar-refractivity contribution in [2.24, 2.45) is 0 Å². The molecule has 0 aliphatic heterocycles. The van der Waals surface area contributed by atoms with Gasteiger partial charge >= 0.3 is 5.97 Å². The Kier molecular flexibility index (Phi) is 4.98. The molecule has 0 heterocycles. The second kappa shape index (κ2) is 6.93. The Balaban J connectivity index is 1.91. The van der Waals surface area contributed by atoms with E-state index in [9.17, 15) is 14.4 Å². The van der Waals surface area contributed by atoms with Crippen LogP contribution in [0, 0.1) is 0 Å². The monoisotopic (exact) mass is 306 g/mol. The number of hydrogen-bond acceptors (Lipinski definition) is 4. The molecule has 0 spiro atoms. The molecule has 0 atom stereocenters. The zero-order valence-corrected chi connectivity index (χ0v) is 12.2. The summed E-state index contributed by atoms with van der Waals surface area (Å²) in [4.78, 5) is 36.1. The predicted molar refractivity (Wildman–Crippen MR) is 77.7 cm³/mol. The first-order valence-corrected chi connectivity index (χ1v) is 6.94. The van der Waals surface area contributed by atoms with Crippen LogP contribution in [-0.2, 0) is 9.59 Å². The van der Waals surface area contributed by atoms with E-state index in [1.54, 1.807) is 24.3 Å². The number of carbonyl (C=O) groups excluding carboxylic acids is 2. The van der Waals surface area contributed by atoms with Gasteiger partial charge in [0.15, 0.2) is 0 Å². The van der Waals surface area contributed by atoms with Gasteiger partial charge in [0, 0.05) is 11.6 Å². The molecule has 7 heteroatoms. The Bertz CT molecular complexity index is 583. The number of hydrogen-bond donors (Lipinski definition) is 2. The van der Waals surface area contributed by atoms with E-state index >= 15 is 0 Å². The first-order chi connectivity index (χ1) is 10.5. The van der Waals surface area contributed by atoms with Crippen molar-refractivity contribution < 1.29 is 24.2 Å². The number of ether oxygens (including phenoxy) is 1. The second-order valence-corrected chi connectivity index (χ2v) is 5.06. The zero-order valence-electron chi connectivity index (χ0n) is 12.2. The lowest BCUT2D eigenvalue weighted by Crippen LogP contribution is -2.43. The van der Waals surface area contributed by atoms with E-state index in [1.807, 2.05) is 0 Å². The summed E-state index contributed by atoms with van der Waals surface area (Å²) >= 11 is 0. The maximum Gasteiger partial charge on any atom is 0.323 e. The van der Waals surface area contributed by atoms with E-state index in [0.29, 0.717) is 11.3 Å². The van der Waals surface area contributed by atoms with Gasteiger partial charge in [0.05, 0.1) is 13.7 Å². The van der Waals surface area contributed by atoms with Crippen LogP contribution in [0.2, 0.25) is 0 Å². The van der Waals surface area contributed by atoms with Gasteiger partial charge in [-0.05, 0) is 31.0 Å². The molecule has 0 bridgehead atoms. The first-order valence-electron chi connectivity index (χ1n) is 6.94. The molecule has 2 amide bonds. The first kappa shape index (κ1) is 15.8. The predicted octanol–water partition coefficient (Wildman–Crippen LogP) is 0.501. The van der Waals surface area contributed by atoms with Crippen LogP contribution in [0.15, 0.2) is 24.3 Å². The molecule has 0 saturated heterocycles. The third-order valence-corrected chi connectivity index (χ3v) is 3.35. The molecule has 0 unspecified atom stereocenters. The molecule has 1 fully saturated rings. The molecule has 7 nitrogen and oxygen atoms in total. The van der Waals surface area contributed by atoms with E-state index in [-0.39, 0.29) is 25.0 Å². The quantitative estimate of drug-likeness (QED) is 0.765.